The third-order valence-electron chi connectivity index (χ3n) is 2.91. The molecule has 96 valence electrons. The average molecular weight is 295 g/mol. The molecule has 1 aromatic heterocycles. The van der Waals surface area contributed by atoms with Gasteiger partial charge in [-0.15, -0.1) is 0 Å². The van der Waals surface area contributed by atoms with Crippen molar-refractivity contribution in [2.45, 2.75) is 5.09 Å². The van der Waals surface area contributed by atoms with Crippen LogP contribution < -0.4 is 0 Å². The molecule has 2 aromatic rings. The summed E-state index contributed by atoms with van der Waals surface area (Å²) in [6.07, 6.45) is 1.42. The first-order valence-corrected chi connectivity index (χ1v) is 7.29. The molecule has 0 bridgehead atoms. The zero-order valence-electron chi connectivity index (χ0n) is 9.73. The van der Waals surface area contributed by atoms with Gasteiger partial charge < -0.3 is 8.97 Å². The van der Waals surface area contributed by atoms with Crippen LogP contribution in [0.15, 0.2) is 33.8 Å². The molecule has 0 N–H and O–H groups in total. The molecule has 19 heavy (non-hydrogen) atoms. The monoisotopic (exact) mass is 294 g/mol. The van der Waals surface area contributed by atoms with Gasteiger partial charge in [0, 0.05) is 33.4 Å². The normalized spacial score (nSPS) is 15.1. The Labute approximate surface area is 116 Å². The maximum Gasteiger partial charge on any atom is 0.312 e. The van der Waals surface area contributed by atoms with E-state index in [1.54, 1.807) is 6.07 Å². The molecule has 4 nitrogen and oxygen atoms in total. The minimum absolute atomic E-state index is 0.0648. The van der Waals surface area contributed by atoms with Gasteiger partial charge in [0.1, 0.15) is 6.26 Å². The van der Waals surface area contributed by atoms with Crippen molar-refractivity contribution < 1.29 is 18.6 Å². The molecule has 1 aliphatic rings. The minimum Gasteiger partial charge on any atom is -0.609 e. The first-order valence-electron chi connectivity index (χ1n) is 5.35. The second-order valence-corrected chi connectivity index (χ2v) is 5.86. The topological polar surface area (TPSA) is 70.3 Å². The van der Waals surface area contributed by atoms with Gasteiger partial charge in [-0.1, -0.05) is 11.6 Å². The Bertz CT molecular complexity index is 717. The molecule has 3 rings (SSSR count). The largest absolute Gasteiger partial charge is 0.609 e. The van der Waals surface area contributed by atoms with Crippen molar-refractivity contribution >= 4 is 34.3 Å². The van der Waals surface area contributed by atoms with Crippen molar-refractivity contribution in [1.29, 1.82) is 0 Å². The van der Waals surface area contributed by atoms with Crippen LogP contribution in [0.4, 0.5) is 0 Å². The van der Waals surface area contributed by atoms with Crippen molar-refractivity contribution in [2.24, 2.45) is 0 Å². The van der Waals surface area contributed by atoms with Crippen LogP contribution in [0.5, 0.6) is 0 Å². The maximum absolute atomic E-state index is 12.2. The zero-order valence-corrected chi connectivity index (χ0v) is 11.3. The molecule has 1 atom stereocenters. The average Bonchev–Trinajstić information content (AvgIpc) is 2.81. The van der Waals surface area contributed by atoms with Gasteiger partial charge in [0.2, 0.25) is 5.78 Å². The molecule has 1 unspecified atom stereocenters. The van der Waals surface area contributed by atoms with Crippen molar-refractivity contribution in [3.8, 4) is 0 Å². The lowest BCUT2D eigenvalue weighted by molar-refractivity contribution is 0.0957. The molecular formula is C13H7ClO4S. The molecule has 1 aromatic carbocycles. The number of benzene rings is 1. The predicted octanol–water partition coefficient (Wildman–Crippen LogP) is 2.45. The Kier molecular flexibility index (Phi) is 2.78. The lowest BCUT2D eigenvalue weighted by Gasteiger charge is -2.12. The van der Waals surface area contributed by atoms with Gasteiger partial charge in [-0.3, -0.25) is 9.59 Å². The lowest BCUT2D eigenvalue weighted by Crippen LogP contribution is -2.18. The Balaban J connectivity index is 2.24. The van der Waals surface area contributed by atoms with Crippen molar-refractivity contribution in [3.63, 3.8) is 0 Å². The maximum atomic E-state index is 12.2. The standard InChI is InChI=1S/C13H7ClO4S/c1-19(17)10-5-9-11(15)7-3-2-6(14)4-8(7)12(16)13(9)18-10/h2-5H,1H3. The van der Waals surface area contributed by atoms with Crippen LogP contribution in [0.25, 0.3) is 0 Å². The van der Waals surface area contributed by atoms with E-state index in [0.29, 0.717) is 5.02 Å². The molecule has 1 heterocycles. The van der Waals surface area contributed by atoms with Crippen LogP contribution in [0, 0.1) is 0 Å². The van der Waals surface area contributed by atoms with Gasteiger partial charge in [-0.25, -0.2) is 0 Å². The van der Waals surface area contributed by atoms with E-state index >= 15 is 0 Å². The predicted molar refractivity (Wildman–Crippen MR) is 69.4 cm³/mol. The van der Waals surface area contributed by atoms with Gasteiger partial charge >= 0.3 is 5.09 Å². The Morgan fingerprint density at radius 3 is 2.53 bits per heavy atom. The molecule has 1 aliphatic carbocycles. The summed E-state index contributed by atoms with van der Waals surface area (Å²) in [6, 6.07) is 5.86. The van der Waals surface area contributed by atoms with E-state index in [9.17, 15) is 14.1 Å². The van der Waals surface area contributed by atoms with Crippen molar-refractivity contribution in [3.05, 3.63) is 51.7 Å². The van der Waals surface area contributed by atoms with Crippen LogP contribution in [0.2, 0.25) is 5.02 Å². The van der Waals surface area contributed by atoms with E-state index in [0.717, 1.165) is 0 Å². The second-order valence-electron chi connectivity index (χ2n) is 4.11. The number of ketones is 2. The summed E-state index contributed by atoms with van der Waals surface area (Å²) < 4.78 is 16.6. The van der Waals surface area contributed by atoms with Crippen LogP contribution in [-0.4, -0.2) is 22.4 Å². The molecule has 0 amide bonds. The van der Waals surface area contributed by atoms with Gasteiger partial charge in [-0.2, -0.15) is 0 Å². The molecule has 0 fully saturated rings. The molecule has 0 saturated heterocycles. The molecule has 0 saturated carbocycles. The van der Waals surface area contributed by atoms with Crippen LogP contribution in [0.3, 0.4) is 0 Å². The third-order valence-corrected chi connectivity index (χ3v) is 3.92. The van der Waals surface area contributed by atoms with Crippen LogP contribution in [0.1, 0.15) is 32.0 Å². The zero-order chi connectivity index (χ0) is 13.7. The molecule has 6 heteroatoms. The van der Waals surface area contributed by atoms with E-state index in [4.69, 9.17) is 16.0 Å². The fourth-order valence-electron chi connectivity index (χ4n) is 2.02. The number of carbonyl (C=O) groups is 2. The summed E-state index contributed by atoms with van der Waals surface area (Å²) in [6.45, 7) is 0. The summed E-state index contributed by atoms with van der Waals surface area (Å²) in [5.74, 6) is -0.796. The molecule has 0 aliphatic heterocycles. The van der Waals surface area contributed by atoms with E-state index < -0.39 is 17.0 Å². The second kappa shape index (κ2) is 4.23. The highest BCUT2D eigenvalue weighted by molar-refractivity contribution is 7.90. The van der Waals surface area contributed by atoms with E-state index in [1.807, 2.05) is 0 Å². The first kappa shape index (κ1) is 12.5. The smallest absolute Gasteiger partial charge is 0.312 e. The van der Waals surface area contributed by atoms with Gasteiger partial charge in [0.25, 0.3) is 0 Å². The number of fused-ring (bicyclic) bond motifs is 2. The number of furan rings is 1. The lowest BCUT2D eigenvalue weighted by atomic mass is 9.89. The van der Waals surface area contributed by atoms with Gasteiger partial charge in [-0.05, 0) is 18.2 Å². The number of hydrogen-bond acceptors (Lipinski definition) is 4. The quantitative estimate of drug-likeness (QED) is 0.646. The summed E-state index contributed by atoms with van der Waals surface area (Å²) in [7, 11) is 0. The van der Waals surface area contributed by atoms with Crippen LogP contribution >= 0.6 is 11.6 Å². The number of carbonyl (C=O) groups excluding carboxylic acids is 2. The summed E-state index contributed by atoms with van der Waals surface area (Å²) in [4.78, 5) is 24.5. The van der Waals surface area contributed by atoms with Crippen LogP contribution in [-0.2, 0) is 11.2 Å². The fraction of sp³-hybridized carbons (Fsp3) is 0.0769. The highest BCUT2D eigenvalue weighted by Gasteiger charge is 2.35. The highest BCUT2D eigenvalue weighted by Crippen LogP contribution is 2.32. The molecule has 0 spiro atoms. The molecule has 0 radical (unpaired) electrons. The molecular weight excluding hydrogens is 288 g/mol. The van der Waals surface area contributed by atoms with Gasteiger partial charge in [0.05, 0.1) is 5.56 Å². The third kappa shape index (κ3) is 1.82. The summed E-state index contributed by atoms with van der Waals surface area (Å²) in [5, 5.41) is 0.486. The fourth-order valence-corrected chi connectivity index (χ4v) is 2.67. The van der Waals surface area contributed by atoms with Crippen molar-refractivity contribution in [1.82, 2.24) is 0 Å². The van der Waals surface area contributed by atoms with Crippen molar-refractivity contribution in [2.75, 3.05) is 6.26 Å². The highest BCUT2D eigenvalue weighted by atomic mass is 35.5. The summed E-state index contributed by atoms with van der Waals surface area (Å²) >= 11 is 4.44. The first-order chi connectivity index (χ1) is 8.99. The number of rotatable bonds is 1. The minimum atomic E-state index is -1.39. The number of hydrogen-bond donors (Lipinski definition) is 0. The van der Waals surface area contributed by atoms with E-state index in [1.165, 1.54) is 24.5 Å². The summed E-state index contributed by atoms with van der Waals surface area (Å²) in [5.41, 5.74) is 0.661. The van der Waals surface area contributed by atoms with E-state index in [-0.39, 0.29) is 33.3 Å². The SMILES string of the molecule is C[S+]([O-])c1cc2c(o1)C(=O)c1cc(Cl)ccc1C2=O. The van der Waals surface area contributed by atoms with Gasteiger partial charge in [0.15, 0.2) is 11.5 Å². The van der Waals surface area contributed by atoms with E-state index in [2.05, 4.69) is 0 Å². The Hall–Kier alpha value is -1.56. The number of halogens is 1. The Morgan fingerprint density at radius 2 is 1.84 bits per heavy atom. The Morgan fingerprint density at radius 1 is 1.11 bits per heavy atom.